The zero-order valence-corrected chi connectivity index (χ0v) is 15.9. The Morgan fingerprint density at radius 2 is 2.09 bits per heavy atom. The van der Waals surface area contributed by atoms with Gasteiger partial charge >= 0.3 is 0 Å². The van der Waals surface area contributed by atoms with Gasteiger partial charge in [0.05, 0.1) is 0 Å². The minimum Gasteiger partial charge on any atom is -0.354 e. The molecule has 1 amide bonds. The SMILES string of the molecule is CC(C)CN1CCC(CNC(=O)C(C)(N)c2ccc(Br)cc2)C1. The number of hydrogen-bond donors (Lipinski definition) is 2. The number of nitrogens with two attached hydrogens (primary N) is 1. The van der Waals surface area contributed by atoms with E-state index in [1.165, 1.54) is 0 Å². The minimum atomic E-state index is -1.00. The number of halogens is 1. The lowest BCUT2D eigenvalue weighted by molar-refractivity contribution is -0.126. The first-order chi connectivity index (χ1) is 10.8. The number of nitrogens with one attached hydrogen (secondary N) is 1. The van der Waals surface area contributed by atoms with Crippen molar-refractivity contribution in [3.8, 4) is 0 Å². The Hall–Kier alpha value is -0.910. The molecule has 0 spiro atoms. The van der Waals surface area contributed by atoms with E-state index in [1.54, 1.807) is 6.92 Å². The monoisotopic (exact) mass is 381 g/mol. The van der Waals surface area contributed by atoms with E-state index >= 15 is 0 Å². The van der Waals surface area contributed by atoms with Crippen LogP contribution >= 0.6 is 15.9 Å². The smallest absolute Gasteiger partial charge is 0.244 e. The van der Waals surface area contributed by atoms with Crippen molar-refractivity contribution in [1.82, 2.24) is 10.2 Å². The van der Waals surface area contributed by atoms with Crippen LogP contribution in [0.1, 0.15) is 32.8 Å². The van der Waals surface area contributed by atoms with Crippen LogP contribution in [0.5, 0.6) is 0 Å². The van der Waals surface area contributed by atoms with Gasteiger partial charge in [0.2, 0.25) is 5.91 Å². The average molecular weight is 382 g/mol. The van der Waals surface area contributed by atoms with Crippen molar-refractivity contribution < 1.29 is 4.79 Å². The molecule has 1 aromatic rings. The van der Waals surface area contributed by atoms with Crippen LogP contribution in [-0.4, -0.2) is 37.0 Å². The Balaban J connectivity index is 1.86. The summed E-state index contributed by atoms with van der Waals surface area (Å²) in [7, 11) is 0. The van der Waals surface area contributed by atoms with Gasteiger partial charge in [-0.15, -0.1) is 0 Å². The van der Waals surface area contributed by atoms with Crippen molar-refractivity contribution >= 4 is 21.8 Å². The molecule has 4 nitrogen and oxygen atoms in total. The van der Waals surface area contributed by atoms with Gasteiger partial charge in [-0.3, -0.25) is 4.79 Å². The largest absolute Gasteiger partial charge is 0.354 e. The van der Waals surface area contributed by atoms with E-state index in [0.717, 1.165) is 36.1 Å². The third-order valence-electron chi connectivity index (χ3n) is 4.46. The van der Waals surface area contributed by atoms with Crippen LogP contribution in [-0.2, 0) is 10.3 Å². The first-order valence-electron chi connectivity index (χ1n) is 8.34. The predicted octanol–water partition coefficient (Wildman–Crippen LogP) is 2.72. The Bertz CT molecular complexity index is 528. The highest BCUT2D eigenvalue weighted by atomic mass is 79.9. The number of rotatable bonds is 6. The third-order valence-corrected chi connectivity index (χ3v) is 4.99. The van der Waals surface area contributed by atoms with E-state index in [0.29, 0.717) is 18.4 Å². The van der Waals surface area contributed by atoms with Crippen LogP contribution in [0, 0.1) is 11.8 Å². The molecule has 3 N–H and O–H groups in total. The number of benzene rings is 1. The molecule has 128 valence electrons. The van der Waals surface area contributed by atoms with Crippen LogP contribution in [0.25, 0.3) is 0 Å². The summed E-state index contributed by atoms with van der Waals surface area (Å²) < 4.78 is 0.980. The Morgan fingerprint density at radius 1 is 1.43 bits per heavy atom. The summed E-state index contributed by atoms with van der Waals surface area (Å²) in [4.78, 5) is 15.0. The first kappa shape index (κ1) is 18.4. The molecule has 5 heteroatoms. The van der Waals surface area contributed by atoms with Crippen molar-refractivity contribution in [1.29, 1.82) is 0 Å². The van der Waals surface area contributed by atoms with Gasteiger partial charge in [-0.05, 0) is 49.4 Å². The van der Waals surface area contributed by atoms with Gasteiger partial charge in [-0.1, -0.05) is 41.9 Å². The quantitative estimate of drug-likeness (QED) is 0.796. The molecule has 0 aromatic heterocycles. The molecule has 0 aliphatic carbocycles. The van der Waals surface area contributed by atoms with Crippen molar-refractivity contribution in [2.75, 3.05) is 26.2 Å². The summed E-state index contributed by atoms with van der Waals surface area (Å²) in [6.45, 7) is 10.3. The Kier molecular flexibility index (Phi) is 6.23. The standard InChI is InChI=1S/C18H28BrN3O/c1-13(2)11-22-9-8-14(12-22)10-21-17(23)18(3,20)15-4-6-16(19)7-5-15/h4-7,13-14H,8-12,20H2,1-3H3,(H,21,23). The molecule has 1 aliphatic rings. The van der Waals surface area contributed by atoms with Gasteiger partial charge in [0.15, 0.2) is 0 Å². The molecule has 2 atom stereocenters. The van der Waals surface area contributed by atoms with Crippen LogP contribution in [0.4, 0.5) is 0 Å². The van der Waals surface area contributed by atoms with Gasteiger partial charge in [0.25, 0.3) is 0 Å². The first-order valence-corrected chi connectivity index (χ1v) is 9.14. The molecule has 1 aromatic carbocycles. The lowest BCUT2D eigenvalue weighted by atomic mass is 9.92. The summed E-state index contributed by atoms with van der Waals surface area (Å²) in [6.07, 6.45) is 1.15. The molecule has 0 bridgehead atoms. The number of amides is 1. The zero-order valence-electron chi connectivity index (χ0n) is 14.3. The van der Waals surface area contributed by atoms with Crippen LogP contribution in [0.2, 0.25) is 0 Å². The number of likely N-dealkylation sites (tertiary alicyclic amines) is 1. The summed E-state index contributed by atoms with van der Waals surface area (Å²) in [6, 6.07) is 7.61. The van der Waals surface area contributed by atoms with Crippen LogP contribution < -0.4 is 11.1 Å². The van der Waals surface area contributed by atoms with Crippen molar-refractivity contribution in [3.05, 3.63) is 34.3 Å². The maximum atomic E-state index is 12.5. The van der Waals surface area contributed by atoms with Crippen molar-refractivity contribution in [2.45, 2.75) is 32.7 Å². The predicted molar refractivity (Wildman–Crippen MR) is 98.1 cm³/mol. The molecule has 2 unspecified atom stereocenters. The minimum absolute atomic E-state index is 0.109. The normalized spacial score (nSPS) is 21.4. The number of carbonyl (C=O) groups excluding carboxylic acids is 1. The summed E-state index contributed by atoms with van der Waals surface area (Å²) >= 11 is 3.40. The summed E-state index contributed by atoms with van der Waals surface area (Å²) in [5.41, 5.74) is 6.09. The molecule has 1 saturated heterocycles. The van der Waals surface area contributed by atoms with E-state index in [1.807, 2.05) is 24.3 Å². The molecule has 1 fully saturated rings. The lowest BCUT2D eigenvalue weighted by Gasteiger charge is -2.25. The van der Waals surface area contributed by atoms with E-state index in [-0.39, 0.29) is 5.91 Å². The maximum Gasteiger partial charge on any atom is 0.244 e. The third kappa shape index (κ3) is 5.03. The van der Waals surface area contributed by atoms with E-state index in [2.05, 4.69) is 40.0 Å². The molecular weight excluding hydrogens is 354 g/mol. The molecule has 0 radical (unpaired) electrons. The Labute approximate surface area is 147 Å². The highest BCUT2D eigenvalue weighted by molar-refractivity contribution is 9.10. The lowest BCUT2D eigenvalue weighted by Crippen LogP contribution is -2.50. The number of carbonyl (C=O) groups is 1. The number of nitrogens with zero attached hydrogens (tertiary/aromatic N) is 1. The van der Waals surface area contributed by atoms with E-state index in [4.69, 9.17) is 5.73 Å². The Morgan fingerprint density at radius 3 is 2.70 bits per heavy atom. The molecule has 2 rings (SSSR count). The average Bonchev–Trinajstić information content (AvgIpc) is 2.91. The fraction of sp³-hybridized carbons (Fsp3) is 0.611. The second-order valence-corrected chi connectivity index (χ2v) is 8.14. The van der Waals surface area contributed by atoms with Crippen LogP contribution in [0.15, 0.2) is 28.7 Å². The molecule has 1 heterocycles. The van der Waals surface area contributed by atoms with Crippen LogP contribution in [0.3, 0.4) is 0 Å². The topological polar surface area (TPSA) is 58.4 Å². The second kappa shape index (κ2) is 7.77. The van der Waals surface area contributed by atoms with E-state index in [9.17, 15) is 4.79 Å². The highest BCUT2D eigenvalue weighted by Gasteiger charge is 2.31. The van der Waals surface area contributed by atoms with Gasteiger partial charge < -0.3 is 16.0 Å². The van der Waals surface area contributed by atoms with Gasteiger partial charge in [-0.2, -0.15) is 0 Å². The molecule has 23 heavy (non-hydrogen) atoms. The molecule has 0 saturated carbocycles. The fourth-order valence-electron chi connectivity index (χ4n) is 3.11. The highest BCUT2D eigenvalue weighted by Crippen LogP contribution is 2.21. The summed E-state index contributed by atoms with van der Waals surface area (Å²) in [5, 5.41) is 3.05. The fourth-order valence-corrected chi connectivity index (χ4v) is 3.37. The van der Waals surface area contributed by atoms with Crippen molar-refractivity contribution in [3.63, 3.8) is 0 Å². The second-order valence-electron chi connectivity index (χ2n) is 7.23. The van der Waals surface area contributed by atoms with Crippen molar-refractivity contribution in [2.24, 2.45) is 17.6 Å². The molecular formula is C18H28BrN3O. The van der Waals surface area contributed by atoms with Gasteiger partial charge in [0.1, 0.15) is 5.54 Å². The zero-order chi connectivity index (χ0) is 17.0. The summed E-state index contributed by atoms with van der Waals surface area (Å²) in [5.74, 6) is 1.11. The maximum absolute atomic E-state index is 12.5. The number of hydrogen-bond acceptors (Lipinski definition) is 3. The van der Waals surface area contributed by atoms with E-state index < -0.39 is 5.54 Å². The van der Waals surface area contributed by atoms with Gasteiger partial charge in [0, 0.05) is 24.1 Å². The molecule has 1 aliphatic heterocycles. The van der Waals surface area contributed by atoms with Gasteiger partial charge in [-0.25, -0.2) is 0 Å².